The number of nitrogens with zero attached hydrogens (tertiary/aromatic N) is 2. The summed E-state index contributed by atoms with van der Waals surface area (Å²) in [6.45, 7) is 1.43. The summed E-state index contributed by atoms with van der Waals surface area (Å²) in [7, 11) is 0. The molecule has 0 aliphatic carbocycles. The fourth-order valence-corrected chi connectivity index (χ4v) is 2.15. The van der Waals surface area contributed by atoms with E-state index in [1.807, 2.05) is 29.2 Å². The highest BCUT2D eigenvalue weighted by atomic mass is 16.4. The zero-order valence-corrected chi connectivity index (χ0v) is 9.28. The Hall–Kier alpha value is -1.43. The zero-order valence-electron chi connectivity index (χ0n) is 9.28. The average Bonchev–Trinajstić information content (AvgIpc) is 2.83. The van der Waals surface area contributed by atoms with Crippen LogP contribution in [0.15, 0.2) is 28.7 Å². The van der Waals surface area contributed by atoms with E-state index < -0.39 is 12.2 Å². The van der Waals surface area contributed by atoms with E-state index in [1.54, 1.807) is 0 Å². The minimum atomic E-state index is -0.667. The van der Waals surface area contributed by atoms with Crippen molar-refractivity contribution in [2.24, 2.45) is 0 Å². The molecule has 5 nitrogen and oxygen atoms in total. The highest BCUT2D eigenvalue weighted by Crippen LogP contribution is 2.18. The van der Waals surface area contributed by atoms with Crippen LogP contribution in [0, 0.1) is 0 Å². The number of fused-ring (bicyclic) bond motifs is 1. The normalized spacial score (nSPS) is 25.8. The van der Waals surface area contributed by atoms with Gasteiger partial charge in [-0.1, -0.05) is 12.1 Å². The molecule has 0 amide bonds. The van der Waals surface area contributed by atoms with E-state index in [9.17, 15) is 10.2 Å². The number of oxazole rings is 1. The van der Waals surface area contributed by atoms with E-state index >= 15 is 0 Å². The van der Waals surface area contributed by atoms with Crippen molar-refractivity contribution in [2.45, 2.75) is 18.8 Å². The first kappa shape index (κ1) is 10.7. The molecule has 17 heavy (non-hydrogen) atoms. The Bertz CT molecular complexity index is 482. The lowest BCUT2D eigenvalue weighted by atomic mass is 10.3. The van der Waals surface area contributed by atoms with Crippen molar-refractivity contribution < 1.29 is 14.6 Å². The number of para-hydroxylation sites is 2. The molecule has 2 N–H and O–H groups in total. The van der Waals surface area contributed by atoms with Crippen molar-refractivity contribution in [2.75, 3.05) is 13.1 Å². The van der Waals surface area contributed by atoms with Crippen LogP contribution in [0.5, 0.6) is 0 Å². The molecule has 0 bridgehead atoms. The molecule has 2 atom stereocenters. The Balaban J connectivity index is 1.77. The van der Waals surface area contributed by atoms with Gasteiger partial charge in [0.05, 0.1) is 18.8 Å². The number of β-amino-alcohol motifs (C(OH)–C–C–N with tert-alkyl or cyclic N) is 2. The third-order valence-corrected chi connectivity index (χ3v) is 3.03. The van der Waals surface area contributed by atoms with Crippen molar-refractivity contribution in [3.05, 3.63) is 30.2 Å². The predicted molar refractivity (Wildman–Crippen MR) is 61.3 cm³/mol. The van der Waals surface area contributed by atoms with Gasteiger partial charge in [-0.25, -0.2) is 4.98 Å². The predicted octanol–water partition coefficient (Wildman–Crippen LogP) is 0.365. The van der Waals surface area contributed by atoms with Gasteiger partial charge in [-0.3, -0.25) is 4.90 Å². The SMILES string of the molecule is OC1CN(Cc2nc3ccccc3o2)CC1O. The molecule has 2 heterocycles. The highest BCUT2D eigenvalue weighted by Gasteiger charge is 2.30. The first-order valence-electron chi connectivity index (χ1n) is 5.65. The van der Waals surface area contributed by atoms with E-state index in [2.05, 4.69) is 4.98 Å². The summed E-state index contributed by atoms with van der Waals surface area (Å²) in [6.07, 6.45) is -1.33. The van der Waals surface area contributed by atoms with E-state index in [0.29, 0.717) is 25.5 Å². The van der Waals surface area contributed by atoms with Gasteiger partial charge in [-0.05, 0) is 12.1 Å². The molecular weight excluding hydrogens is 220 g/mol. The maximum atomic E-state index is 9.44. The molecule has 0 saturated carbocycles. The number of rotatable bonds is 2. The summed E-state index contributed by atoms with van der Waals surface area (Å²) in [5, 5.41) is 18.9. The number of hydrogen-bond donors (Lipinski definition) is 2. The third kappa shape index (κ3) is 2.04. The van der Waals surface area contributed by atoms with Crippen LogP contribution in [0.2, 0.25) is 0 Å². The number of aliphatic hydroxyl groups is 2. The number of aromatic nitrogens is 1. The molecule has 0 spiro atoms. The molecule has 2 aromatic rings. The van der Waals surface area contributed by atoms with Crippen molar-refractivity contribution in [3.8, 4) is 0 Å². The largest absolute Gasteiger partial charge is 0.439 e. The summed E-state index contributed by atoms with van der Waals surface area (Å²) >= 11 is 0. The lowest BCUT2D eigenvalue weighted by molar-refractivity contribution is 0.0572. The standard InChI is InChI=1S/C12H14N2O3/c15-9-5-14(6-10(9)16)7-12-13-8-3-1-2-4-11(8)17-12/h1-4,9-10,15-16H,5-7H2. The molecule has 3 rings (SSSR count). The lowest BCUT2D eigenvalue weighted by Crippen LogP contribution is -2.22. The zero-order chi connectivity index (χ0) is 11.8. The second-order valence-electron chi connectivity index (χ2n) is 4.40. The second kappa shape index (κ2) is 4.10. The van der Waals surface area contributed by atoms with Crippen LogP contribution in [0.3, 0.4) is 0 Å². The molecular formula is C12H14N2O3. The first-order valence-corrected chi connectivity index (χ1v) is 5.65. The van der Waals surface area contributed by atoms with Crippen LogP contribution in [0.4, 0.5) is 0 Å². The molecule has 1 aliphatic rings. The van der Waals surface area contributed by atoms with Gasteiger partial charge in [0.25, 0.3) is 0 Å². The summed E-state index contributed by atoms with van der Waals surface area (Å²) < 4.78 is 5.58. The van der Waals surface area contributed by atoms with Gasteiger partial charge in [-0.2, -0.15) is 0 Å². The molecule has 1 aromatic heterocycles. The maximum absolute atomic E-state index is 9.44. The Morgan fingerprint density at radius 3 is 2.65 bits per heavy atom. The molecule has 1 fully saturated rings. The Morgan fingerprint density at radius 1 is 1.24 bits per heavy atom. The fraction of sp³-hybridized carbons (Fsp3) is 0.417. The van der Waals surface area contributed by atoms with Gasteiger partial charge in [0, 0.05) is 13.1 Å². The highest BCUT2D eigenvalue weighted by molar-refractivity contribution is 5.72. The summed E-state index contributed by atoms with van der Waals surface area (Å²) in [5.74, 6) is 0.618. The van der Waals surface area contributed by atoms with Crippen LogP contribution in [-0.2, 0) is 6.54 Å². The minimum Gasteiger partial charge on any atom is -0.439 e. The van der Waals surface area contributed by atoms with E-state index in [-0.39, 0.29) is 0 Å². The fourth-order valence-electron chi connectivity index (χ4n) is 2.15. The number of likely N-dealkylation sites (tertiary alicyclic amines) is 1. The number of hydrogen-bond acceptors (Lipinski definition) is 5. The van der Waals surface area contributed by atoms with Crippen LogP contribution < -0.4 is 0 Å². The molecule has 1 saturated heterocycles. The molecule has 90 valence electrons. The number of benzene rings is 1. The van der Waals surface area contributed by atoms with Gasteiger partial charge in [0.2, 0.25) is 5.89 Å². The Labute approximate surface area is 98.3 Å². The monoisotopic (exact) mass is 234 g/mol. The van der Waals surface area contributed by atoms with E-state index in [0.717, 1.165) is 11.1 Å². The van der Waals surface area contributed by atoms with Crippen LogP contribution in [0.25, 0.3) is 11.1 Å². The minimum absolute atomic E-state index is 0.458. The smallest absolute Gasteiger partial charge is 0.209 e. The summed E-state index contributed by atoms with van der Waals surface area (Å²) in [6, 6.07) is 7.59. The molecule has 5 heteroatoms. The van der Waals surface area contributed by atoms with Gasteiger partial charge in [0.15, 0.2) is 5.58 Å². The van der Waals surface area contributed by atoms with Crippen LogP contribution in [-0.4, -0.2) is 45.4 Å². The topological polar surface area (TPSA) is 69.7 Å². The molecule has 2 unspecified atom stereocenters. The van der Waals surface area contributed by atoms with Gasteiger partial charge in [-0.15, -0.1) is 0 Å². The summed E-state index contributed by atoms with van der Waals surface area (Å²) in [5.41, 5.74) is 1.60. The van der Waals surface area contributed by atoms with Crippen molar-refractivity contribution in [1.82, 2.24) is 9.88 Å². The van der Waals surface area contributed by atoms with E-state index in [4.69, 9.17) is 4.42 Å². The van der Waals surface area contributed by atoms with Crippen molar-refractivity contribution in [3.63, 3.8) is 0 Å². The van der Waals surface area contributed by atoms with Crippen LogP contribution in [0.1, 0.15) is 5.89 Å². The van der Waals surface area contributed by atoms with Gasteiger partial charge in [0.1, 0.15) is 5.52 Å². The van der Waals surface area contributed by atoms with Crippen LogP contribution >= 0.6 is 0 Å². The van der Waals surface area contributed by atoms with Gasteiger partial charge < -0.3 is 14.6 Å². The lowest BCUT2D eigenvalue weighted by Gasteiger charge is -2.10. The van der Waals surface area contributed by atoms with Gasteiger partial charge >= 0.3 is 0 Å². The van der Waals surface area contributed by atoms with E-state index in [1.165, 1.54) is 0 Å². The average molecular weight is 234 g/mol. The molecule has 0 radical (unpaired) electrons. The second-order valence-corrected chi connectivity index (χ2v) is 4.40. The maximum Gasteiger partial charge on any atom is 0.209 e. The Kier molecular flexibility index (Phi) is 2.58. The summed E-state index contributed by atoms with van der Waals surface area (Å²) in [4.78, 5) is 6.29. The van der Waals surface area contributed by atoms with Crippen molar-refractivity contribution >= 4 is 11.1 Å². The number of aliphatic hydroxyl groups excluding tert-OH is 2. The Morgan fingerprint density at radius 2 is 1.94 bits per heavy atom. The van der Waals surface area contributed by atoms with Crippen molar-refractivity contribution in [1.29, 1.82) is 0 Å². The quantitative estimate of drug-likeness (QED) is 0.785. The first-order chi connectivity index (χ1) is 8.22. The third-order valence-electron chi connectivity index (χ3n) is 3.03. The molecule has 1 aromatic carbocycles. The molecule has 1 aliphatic heterocycles.